The van der Waals surface area contributed by atoms with E-state index in [-0.39, 0.29) is 12.3 Å². The lowest BCUT2D eigenvalue weighted by atomic mass is 10.2. The first-order valence-electron chi connectivity index (χ1n) is 2.94. The van der Waals surface area contributed by atoms with Crippen molar-refractivity contribution in [2.75, 3.05) is 0 Å². The van der Waals surface area contributed by atoms with Crippen LogP contribution in [0.25, 0.3) is 0 Å². The quantitative estimate of drug-likeness (QED) is 0.599. The molecule has 0 aliphatic rings. The average Bonchev–Trinajstić information content (AvgIpc) is 2.04. The molecule has 0 aliphatic heterocycles. The monoisotopic (exact) mass is 152 g/mol. The zero-order valence-corrected chi connectivity index (χ0v) is 5.58. The van der Waals surface area contributed by atoms with Crippen LogP contribution < -0.4 is 0 Å². The Morgan fingerprint density at radius 3 is 2.91 bits per heavy atom. The van der Waals surface area contributed by atoms with Crippen LogP contribution in [0.4, 0.5) is 4.39 Å². The Bertz CT molecular complexity index is 306. The lowest BCUT2D eigenvalue weighted by Crippen LogP contribution is -1.95. The Kier molecular flexibility index (Phi) is 2.14. The van der Waals surface area contributed by atoms with Crippen molar-refractivity contribution in [1.29, 1.82) is 5.26 Å². The summed E-state index contributed by atoms with van der Waals surface area (Å²) in [6.45, 7) is -0.295. The molecule has 0 bridgehead atoms. The van der Waals surface area contributed by atoms with Crippen LogP contribution in [0.2, 0.25) is 0 Å². The van der Waals surface area contributed by atoms with Gasteiger partial charge in [0.05, 0.1) is 6.61 Å². The van der Waals surface area contributed by atoms with Crippen LogP contribution in [0, 0.1) is 17.3 Å². The minimum Gasteiger partial charge on any atom is -0.392 e. The molecule has 0 saturated carbocycles. The number of hydrogen-bond donors (Lipinski definition) is 1. The number of aliphatic hydroxyl groups is 1. The van der Waals surface area contributed by atoms with Gasteiger partial charge in [0.15, 0.2) is 0 Å². The fourth-order valence-electron chi connectivity index (χ4n) is 0.689. The van der Waals surface area contributed by atoms with E-state index in [2.05, 4.69) is 4.98 Å². The van der Waals surface area contributed by atoms with Gasteiger partial charge in [0, 0.05) is 5.56 Å². The van der Waals surface area contributed by atoms with Crippen LogP contribution in [0.15, 0.2) is 12.1 Å². The number of aromatic nitrogens is 1. The second-order valence-electron chi connectivity index (χ2n) is 1.91. The molecular weight excluding hydrogens is 147 g/mol. The first-order valence-corrected chi connectivity index (χ1v) is 2.94. The maximum absolute atomic E-state index is 12.3. The molecule has 0 unspecified atom stereocenters. The predicted octanol–water partition coefficient (Wildman–Crippen LogP) is 0.585. The number of aliphatic hydroxyl groups excluding tert-OH is 1. The van der Waals surface area contributed by atoms with E-state index in [4.69, 9.17) is 10.4 Å². The van der Waals surface area contributed by atoms with Gasteiger partial charge in [0.1, 0.15) is 11.8 Å². The summed E-state index contributed by atoms with van der Waals surface area (Å²) in [5.41, 5.74) is 0.279. The highest BCUT2D eigenvalue weighted by molar-refractivity contribution is 5.29. The van der Waals surface area contributed by atoms with Gasteiger partial charge in [-0.25, -0.2) is 4.98 Å². The van der Waals surface area contributed by atoms with Crippen molar-refractivity contribution in [2.24, 2.45) is 0 Å². The van der Waals surface area contributed by atoms with Crippen molar-refractivity contribution in [3.8, 4) is 6.07 Å². The van der Waals surface area contributed by atoms with Crippen LogP contribution in [-0.4, -0.2) is 10.1 Å². The maximum Gasteiger partial charge on any atom is 0.214 e. The third kappa shape index (κ3) is 1.51. The van der Waals surface area contributed by atoms with Crippen molar-refractivity contribution < 1.29 is 9.50 Å². The molecule has 4 heteroatoms. The van der Waals surface area contributed by atoms with Gasteiger partial charge in [-0.3, -0.25) is 0 Å². The molecule has 0 amide bonds. The van der Waals surface area contributed by atoms with Gasteiger partial charge in [-0.1, -0.05) is 0 Å². The molecule has 0 spiro atoms. The third-order valence-electron chi connectivity index (χ3n) is 1.22. The highest BCUT2D eigenvalue weighted by Crippen LogP contribution is 2.05. The topological polar surface area (TPSA) is 56.9 Å². The first-order chi connectivity index (χ1) is 5.27. The van der Waals surface area contributed by atoms with Crippen LogP contribution in [-0.2, 0) is 6.61 Å². The van der Waals surface area contributed by atoms with Crippen molar-refractivity contribution >= 4 is 0 Å². The molecule has 0 radical (unpaired) electrons. The Morgan fingerprint density at radius 2 is 2.36 bits per heavy atom. The molecule has 1 N–H and O–H groups in total. The standard InChI is InChI=1S/C7H5FN2O/c8-7-2-1-5(4-11)6(3-9)10-7/h1-2,11H,4H2. The van der Waals surface area contributed by atoms with Crippen LogP contribution in [0.3, 0.4) is 0 Å². The van der Waals surface area contributed by atoms with E-state index in [1.807, 2.05) is 0 Å². The molecule has 1 heterocycles. The van der Waals surface area contributed by atoms with E-state index in [0.29, 0.717) is 5.56 Å². The van der Waals surface area contributed by atoms with E-state index >= 15 is 0 Å². The van der Waals surface area contributed by atoms with Crippen LogP contribution in [0.1, 0.15) is 11.3 Å². The summed E-state index contributed by atoms with van der Waals surface area (Å²) in [6, 6.07) is 4.11. The molecule has 0 aliphatic carbocycles. The molecule has 0 fully saturated rings. The molecule has 0 saturated heterocycles. The van der Waals surface area contributed by atoms with Gasteiger partial charge in [-0.05, 0) is 12.1 Å². The smallest absolute Gasteiger partial charge is 0.214 e. The Labute approximate surface area is 62.7 Å². The molecule has 3 nitrogen and oxygen atoms in total. The summed E-state index contributed by atoms with van der Waals surface area (Å²) in [5.74, 6) is -0.709. The van der Waals surface area contributed by atoms with Crippen LogP contribution in [0.5, 0.6) is 0 Å². The molecule has 11 heavy (non-hydrogen) atoms. The minimum absolute atomic E-state index is 0.0625. The summed E-state index contributed by atoms with van der Waals surface area (Å²) in [6.07, 6.45) is 0. The van der Waals surface area contributed by atoms with Gasteiger partial charge >= 0.3 is 0 Å². The van der Waals surface area contributed by atoms with E-state index in [1.54, 1.807) is 6.07 Å². The number of halogens is 1. The highest BCUT2D eigenvalue weighted by atomic mass is 19.1. The fraction of sp³-hybridized carbons (Fsp3) is 0.143. The summed E-state index contributed by atoms with van der Waals surface area (Å²) >= 11 is 0. The molecule has 1 aromatic rings. The van der Waals surface area contributed by atoms with Crippen LogP contribution >= 0.6 is 0 Å². The Balaban J connectivity index is 3.19. The molecule has 56 valence electrons. The second-order valence-corrected chi connectivity index (χ2v) is 1.91. The van der Waals surface area contributed by atoms with Gasteiger partial charge in [-0.2, -0.15) is 9.65 Å². The average molecular weight is 152 g/mol. The molecule has 0 atom stereocenters. The van der Waals surface area contributed by atoms with Crippen molar-refractivity contribution in [1.82, 2.24) is 4.98 Å². The Morgan fingerprint density at radius 1 is 1.64 bits per heavy atom. The number of rotatable bonds is 1. The van der Waals surface area contributed by atoms with Crippen molar-refractivity contribution in [2.45, 2.75) is 6.61 Å². The summed E-state index contributed by atoms with van der Waals surface area (Å²) < 4.78 is 12.3. The SMILES string of the molecule is N#Cc1nc(F)ccc1CO. The van der Waals surface area contributed by atoms with E-state index in [9.17, 15) is 4.39 Å². The van der Waals surface area contributed by atoms with Gasteiger partial charge in [-0.15, -0.1) is 0 Å². The largest absolute Gasteiger partial charge is 0.392 e. The lowest BCUT2D eigenvalue weighted by Gasteiger charge is -1.96. The summed E-state index contributed by atoms with van der Waals surface area (Å²) in [4.78, 5) is 3.27. The van der Waals surface area contributed by atoms with Gasteiger partial charge in [0.25, 0.3) is 0 Å². The third-order valence-corrected chi connectivity index (χ3v) is 1.22. The van der Waals surface area contributed by atoms with Gasteiger partial charge < -0.3 is 5.11 Å². The summed E-state index contributed by atoms with van der Waals surface area (Å²) in [7, 11) is 0. The predicted molar refractivity (Wildman–Crippen MR) is 34.8 cm³/mol. The fourth-order valence-corrected chi connectivity index (χ4v) is 0.689. The van der Waals surface area contributed by atoms with E-state index in [0.717, 1.165) is 6.07 Å². The van der Waals surface area contributed by atoms with Gasteiger partial charge in [0.2, 0.25) is 5.95 Å². The molecule has 1 aromatic heterocycles. The number of nitrogens with zero attached hydrogens (tertiary/aromatic N) is 2. The van der Waals surface area contributed by atoms with Crippen molar-refractivity contribution in [3.05, 3.63) is 29.3 Å². The maximum atomic E-state index is 12.3. The highest BCUT2D eigenvalue weighted by Gasteiger charge is 2.02. The molecule has 1 rings (SSSR count). The normalized spacial score (nSPS) is 9.18. The first kappa shape index (κ1) is 7.63. The number of pyridine rings is 1. The Hall–Kier alpha value is -1.47. The zero-order chi connectivity index (χ0) is 8.27. The second kappa shape index (κ2) is 3.08. The van der Waals surface area contributed by atoms with Crippen molar-refractivity contribution in [3.63, 3.8) is 0 Å². The number of hydrogen-bond acceptors (Lipinski definition) is 3. The summed E-state index contributed by atoms with van der Waals surface area (Å²) in [5, 5.41) is 17.0. The molecule has 0 aromatic carbocycles. The minimum atomic E-state index is -0.709. The number of nitriles is 1. The zero-order valence-electron chi connectivity index (χ0n) is 5.58. The van der Waals surface area contributed by atoms with E-state index in [1.165, 1.54) is 6.07 Å². The van der Waals surface area contributed by atoms with E-state index < -0.39 is 5.95 Å². The lowest BCUT2D eigenvalue weighted by molar-refractivity contribution is 0.280. The molecular formula is C7H5FN2O.